The maximum atomic E-state index is 11.4. The molecule has 1 fully saturated rings. The highest BCUT2D eigenvalue weighted by molar-refractivity contribution is 5.69. The van der Waals surface area contributed by atoms with Crippen LogP contribution in [0.25, 0.3) is 0 Å². The van der Waals surface area contributed by atoms with Crippen molar-refractivity contribution >= 4 is 5.97 Å². The van der Waals surface area contributed by atoms with Crippen molar-refractivity contribution in [3.05, 3.63) is 35.9 Å². The van der Waals surface area contributed by atoms with E-state index in [0.29, 0.717) is 18.9 Å². The van der Waals surface area contributed by atoms with E-state index in [1.54, 1.807) is 0 Å². The van der Waals surface area contributed by atoms with Crippen LogP contribution in [0.5, 0.6) is 0 Å². The summed E-state index contributed by atoms with van der Waals surface area (Å²) in [6.45, 7) is 0.409. The molecular weight excluding hydrogens is 188 g/mol. The molecule has 0 spiro atoms. The quantitative estimate of drug-likeness (QED) is 0.705. The first kappa shape index (κ1) is 10.2. The molecule has 0 heterocycles. The normalized spacial score (nSPS) is 15.7. The highest BCUT2D eigenvalue weighted by Crippen LogP contribution is 2.29. The van der Waals surface area contributed by atoms with E-state index in [1.165, 1.54) is 19.3 Å². The maximum Gasteiger partial charge on any atom is 0.306 e. The first-order chi connectivity index (χ1) is 7.34. The van der Waals surface area contributed by atoms with Gasteiger partial charge in [0.05, 0.1) is 0 Å². The topological polar surface area (TPSA) is 26.3 Å². The van der Waals surface area contributed by atoms with Gasteiger partial charge in [-0.1, -0.05) is 36.8 Å². The molecule has 0 unspecified atom stereocenters. The molecule has 1 aromatic carbocycles. The van der Waals surface area contributed by atoms with Crippen molar-refractivity contribution < 1.29 is 9.53 Å². The van der Waals surface area contributed by atoms with Crippen molar-refractivity contribution in [2.45, 2.75) is 32.3 Å². The lowest BCUT2D eigenvalue weighted by molar-refractivity contribution is -0.146. The van der Waals surface area contributed by atoms with Crippen LogP contribution in [-0.4, -0.2) is 5.97 Å². The second-order valence-corrected chi connectivity index (χ2v) is 4.15. The fourth-order valence-electron chi connectivity index (χ4n) is 1.73. The van der Waals surface area contributed by atoms with Crippen molar-refractivity contribution in [2.75, 3.05) is 0 Å². The highest BCUT2D eigenvalue weighted by Gasteiger charge is 2.21. The predicted molar refractivity (Wildman–Crippen MR) is 58.2 cm³/mol. The van der Waals surface area contributed by atoms with E-state index in [2.05, 4.69) is 0 Å². The molecule has 15 heavy (non-hydrogen) atoms. The number of carbonyl (C=O) groups is 1. The van der Waals surface area contributed by atoms with Gasteiger partial charge in [-0.15, -0.1) is 0 Å². The summed E-state index contributed by atoms with van der Waals surface area (Å²) in [5.74, 6) is 0.539. The summed E-state index contributed by atoms with van der Waals surface area (Å²) >= 11 is 0. The monoisotopic (exact) mass is 204 g/mol. The van der Waals surface area contributed by atoms with Crippen LogP contribution in [0.2, 0.25) is 0 Å². The summed E-state index contributed by atoms with van der Waals surface area (Å²) in [5, 5.41) is 0. The zero-order valence-electron chi connectivity index (χ0n) is 8.82. The minimum Gasteiger partial charge on any atom is -0.461 e. The minimum atomic E-state index is -0.0523. The molecule has 0 bridgehead atoms. The Kier molecular flexibility index (Phi) is 3.38. The third-order valence-electron chi connectivity index (χ3n) is 2.92. The Hall–Kier alpha value is -1.31. The van der Waals surface area contributed by atoms with E-state index in [-0.39, 0.29) is 5.97 Å². The van der Waals surface area contributed by atoms with Gasteiger partial charge in [-0.05, 0) is 24.3 Å². The Balaban J connectivity index is 1.71. The first-order valence-electron chi connectivity index (χ1n) is 5.54. The van der Waals surface area contributed by atoms with E-state index in [9.17, 15) is 4.79 Å². The molecule has 0 saturated heterocycles. The highest BCUT2D eigenvalue weighted by atomic mass is 16.5. The molecule has 0 radical (unpaired) electrons. The van der Waals surface area contributed by atoms with Crippen LogP contribution in [0.1, 0.15) is 31.2 Å². The van der Waals surface area contributed by atoms with Crippen molar-refractivity contribution in [1.82, 2.24) is 0 Å². The van der Waals surface area contributed by atoms with Gasteiger partial charge < -0.3 is 4.74 Å². The van der Waals surface area contributed by atoms with Gasteiger partial charge >= 0.3 is 5.97 Å². The molecule has 1 aromatic rings. The van der Waals surface area contributed by atoms with E-state index < -0.39 is 0 Å². The van der Waals surface area contributed by atoms with Crippen molar-refractivity contribution in [3.63, 3.8) is 0 Å². The Morgan fingerprint density at radius 3 is 2.60 bits per heavy atom. The zero-order valence-corrected chi connectivity index (χ0v) is 8.82. The lowest BCUT2D eigenvalue weighted by Gasteiger charge is -2.23. The molecule has 0 aliphatic heterocycles. The summed E-state index contributed by atoms with van der Waals surface area (Å²) in [6, 6.07) is 9.80. The number of hydrogen-bond acceptors (Lipinski definition) is 2. The smallest absolute Gasteiger partial charge is 0.306 e. The van der Waals surface area contributed by atoms with Crippen LogP contribution in [0.15, 0.2) is 30.3 Å². The lowest BCUT2D eigenvalue weighted by atomic mass is 9.83. The molecule has 0 N–H and O–H groups in total. The largest absolute Gasteiger partial charge is 0.461 e. The summed E-state index contributed by atoms with van der Waals surface area (Å²) in [5.41, 5.74) is 1.06. The second-order valence-electron chi connectivity index (χ2n) is 4.15. The number of hydrogen-bond donors (Lipinski definition) is 0. The van der Waals surface area contributed by atoms with Gasteiger partial charge in [0.25, 0.3) is 0 Å². The van der Waals surface area contributed by atoms with Crippen LogP contribution in [-0.2, 0) is 16.1 Å². The standard InChI is InChI=1S/C13H16O2/c14-13(9-11-7-4-8-11)15-10-12-5-2-1-3-6-12/h1-3,5-6,11H,4,7-10H2. The zero-order chi connectivity index (χ0) is 10.5. The van der Waals surface area contributed by atoms with Gasteiger partial charge in [0.1, 0.15) is 6.61 Å². The van der Waals surface area contributed by atoms with Gasteiger partial charge in [-0.2, -0.15) is 0 Å². The van der Waals surface area contributed by atoms with Crippen LogP contribution in [0.3, 0.4) is 0 Å². The summed E-state index contributed by atoms with van der Waals surface area (Å²) in [7, 11) is 0. The first-order valence-corrected chi connectivity index (χ1v) is 5.54. The Bertz CT molecular complexity index is 315. The fourth-order valence-corrected chi connectivity index (χ4v) is 1.73. The molecule has 0 aromatic heterocycles. The van der Waals surface area contributed by atoms with Crippen molar-refractivity contribution in [1.29, 1.82) is 0 Å². The number of esters is 1. The van der Waals surface area contributed by atoms with E-state index in [4.69, 9.17) is 4.74 Å². The molecule has 1 aliphatic rings. The van der Waals surface area contributed by atoms with E-state index >= 15 is 0 Å². The van der Waals surface area contributed by atoms with Crippen LogP contribution < -0.4 is 0 Å². The van der Waals surface area contributed by atoms with Crippen molar-refractivity contribution in [3.8, 4) is 0 Å². The lowest BCUT2D eigenvalue weighted by Crippen LogP contribution is -2.17. The molecule has 1 aliphatic carbocycles. The predicted octanol–water partition coefficient (Wildman–Crippen LogP) is 2.92. The van der Waals surface area contributed by atoms with Crippen LogP contribution >= 0.6 is 0 Å². The van der Waals surface area contributed by atoms with Gasteiger partial charge in [0, 0.05) is 6.42 Å². The number of benzene rings is 1. The van der Waals surface area contributed by atoms with Crippen LogP contribution in [0, 0.1) is 5.92 Å². The summed E-state index contributed by atoms with van der Waals surface area (Å²) < 4.78 is 5.20. The summed E-state index contributed by atoms with van der Waals surface area (Å²) in [6.07, 6.45) is 4.27. The average molecular weight is 204 g/mol. The number of ether oxygens (including phenoxy) is 1. The Morgan fingerprint density at radius 2 is 2.00 bits per heavy atom. The molecule has 0 amide bonds. The molecule has 80 valence electrons. The molecule has 2 heteroatoms. The van der Waals surface area contributed by atoms with Crippen LogP contribution in [0.4, 0.5) is 0 Å². The molecule has 0 atom stereocenters. The summed E-state index contributed by atoms with van der Waals surface area (Å²) in [4.78, 5) is 11.4. The van der Waals surface area contributed by atoms with Gasteiger partial charge in [-0.25, -0.2) is 0 Å². The van der Waals surface area contributed by atoms with E-state index in [1.807, 2.05) is 30.3 Å². The average Bonchev–Trinajstić information content (AvgIpc) is 2.22. The Morgan fingerprint density at radius 1 is 1.27 bits per heavy atom. The maximum absolute atomic E-state index is 11.4. The fraction of sp³-hybridized carbons (Fsp3) is 0.462. The van der Waals surface area contributed by atoms with Gasteiger partial charge in [-0.3, -0.25) is 4.79 Å². The number of carbonyl (C=O) groups excluding carboxylic acids is 1. The molecule has 2 nitrogen and oxygen atoms in total. The van der Waals surface area contributed by atoms with Crippen molar-refractivity contribution in [2.24, 2.45) is 5.92 Å². The van der Waals surface area contributed by atoms with Gasteiger partial charge in [0.2, 0.25) is 0 Å². The molecule has 2 rings (SSSR count). The third-order valence-corrected chi connectivity index (χ3v) is 2.92. The number of rotatable bonds is 4. The SMILES string of the molecule is O=C(CC1CCC1)OCc1ccccc1. The van der Waals surface area contributed by atoms with Gasteiger partial charge in [0.15, 0.2) is 0 Å². The Labute approximate surface area is 90.3 Å². The minimum absolute atomic E-state index is 0.0523. The third kappa shape index (κ3) is 3.08. The van der Waals surface area contributed by atoms with E-state index in [0.717, 1.165) is 5.56 Å². The molecule has 1 saturated carbocycles. The second kappa shape index (κ2) is 4.96. The molecular formula is C13H16O2.